The standard InChI is InChI=1S/C13H14O5/c14-9-6-10(18-13(17)7-9)3-1-8-2-4-11(15)12(16)5-8/h1,3-5,7-8,10,14-16H,2,6H2/b3-1+. The lowest BCUT2D eigenvalue weighted by molar-refractivity contribution is -0.142. The van der Waals surface area contributed by atoms with Crippen LogP contribution in [0.15, 0.2) is 47.7 Å². The summed E-state index contributed by atoms with van der Waals surface area (Å²) in [7, 11) is 0. The third-order valence-corrected chi connectivity index (χ3v) is 2.75. The molecule has 96 valence electrons. The Hall–Kier alpha value is -2.17. The summed E-state index contributed by atoms with van der Waals surface area (Å²) in [4.78, 5) is 11.0. The quantitative estimate of drug-likeness (QED) is 0.516. The molecule has 2 rings (SSSR count). The Morgan fingerprint density at radius 3 is 2.67 bits per heavy atom. The largest absolute Gasteiger partial charge is 0.512 e. The van der Waals surface area contributed by atoms with Crippen molar-refractivity contribution in [2.45, 2.75) is 18.9 Å². The predicted octanol–water partition coefficient (Wildman–Crippen LogP) is 2.20. The van der Waals surface area contributed by atoms with Gasteiger partial charge in [-0.2, -0.15) is 0 Å². The zero-order valence-electron chi connectivity index (χ0n) is 9.61. The highest BCUT2D eigenvalue weighted by Crippen LogP contribution is 2.22. The summed E-state index contributed by atoms with van der Waals surface area (Å²) in [5.74, 6) is -0.898. The Kier molecular flexibility index (Phi) is 3.41. The molecule has 18 heavy (non-hydrogen) atoms. The first kappa shape index (κ1) is 12.3. The highest BCUT2D eigenvalue weighted by Gasteiger charge is 2.19. The number of aliphatic hydroxyl groups excluding tert-OH is 3. The molecular weight excluding hydrogens is 236 g/mol. The number of rotatable bonds is 2. The van der Waals surface area contributed by atoms with E-state index in [1.807, 2.05) is 0 Å². The molecule has 0 aromatic rings. The number of hydrogen-bond donors (Lipinski definition) is 3. The van der Waals surface area contributed by atoms with Crippen LogP contribution in [-0.4, -0.2) is 27.4 Å². The molecule has 0 radical (unpaired) electrons. The Morgan fingerprint density at radius 1 is 1.22 bits per heavy atom. The number of ether oxygens (including phenoxy) is 1. The molecule has 0 saturated carbocycles. The van der Waals surface area contributed by atoms with E-state index < -0.39 is 12.1 Å². The highest BCUT2D eigenvalue weighted by atomic mass is 16.5. The van der Waals surface area contributed by atoms with Gasteiger partial charge in [0.25, 0.3) is 0 Å². The lowest BCUT2D eigenvalue weighted by Crippen LogP contribution is -2.20. The van der Waals surface area contributed by atoms with E-state index in [-0.39, 0.29) is 29.6 Å². The van der Waals surface area contributed by atoms with Gasteiger partial charge in [-0.15, -0.1) is 0 Å². The normalized spacial score (nSPS) is 28.4. The molecule has 0 aromatic carbocycles. The maximum atomic E-state index is 11.0. The Balaban J connectivity index is 1.97. The van der Waals surface area contributed by atoms with Gasteiger partial charge >= 0.3 is 5.97 Å². The van der Waals surface area contributed by atoms with E-state index in [4.69, 9.17) is 4.74 Å². The van der Waals surface area contributed by atoms with E-state index in [0.29, 0.717) is 6.42 Å². The van der Waals surface area contributed by atoms with Crippen molar-refractivity contribution in [1.82, 2.24) is 0 Å². The van der Waals surface area contributed by atoms with Gasteiger partial charge in [-0.25, -0.2) is 4.79 Å². The van der Waals surface area contributed by atoms with E-state index >= 15 is 0 Å². The first-order valence-electron chi connectivity index (χ1n) is 5.63. The number of hydrogen-bond acceptors (Lipinski definition) is 5. The minimum absolute atomic E-state index is 0.000439. The molecule has 1 aliphatic carbocycles. The van der Waals surface area contributed by atoms with Gasteiger partial charge in [0, 0.05) is 12.3 Å². The van der Waals surface area contributed by atoms with E-state index in [1.165, 1.54) is 12.2 Å². The average Bonchev–Trinajstić information content (AvgIpc) is 2.29. The fourth-order valence-corrected chi connectivity index (χ4v) is 1.84. The van der Waals surface area contributed by atoms with Crippen molar-refractivity contribution < 1.29 is 24.9 Å². The van der Waals surface area contributed by atoms with Crippen LogP contribution in [0.4, 0.5) is 0 Å². The molecule has 0 aromatic heterocycles. The minimum atomic E-state index is -0.562. The molecule has 1 aliphatic heterocycles. The molecule has 0 spiro atoms. The van der Waals surface area contributed by atoms with Gasteiger partial charge in [0.05, 0.1) is 6.08 Å². The van der Waals surface area contributed by atoms with Crippen molar-refractivity contribution >= 4 is 5.97 Å². The van der Waals surface area contributed by atoms with Crippen molar-refractivity contribution in [2.24, 2.45) is 5.92 Å². The van der Waals surface area contributed by atoms with Gasteiger partial charge in [0.1, 0.15) is 11.9 Å². The van der Waals surface area contributed by atoms with Crippen molar-refractivity contribution in [1.29, 1.82) is 0 Å². The van der Waals surface area contributed by atoms with Crippen LogP contribution in [0, 0.1) is 5.92 Å². The van der Waals surface area contributed by atoms with Crippen molar-refractivity contribution in [3.63, 3.8) is 0 Å². The monoisotopic (exact) mass is 250 g/mol. The number of carbonyl (C=O) groups is 1. The van der Waals surface area contributed by atoms with Crippen molar-refractivity contribution in [3.8, 4) is 0 Å². The average molecular weight is 250 g/mol. The summed E-state index contributed by atoms with van der Waals surface area (Å²) >= 11 is 0. The van der Waals surface area contributed by atoms with E-state index in [1.54, 1.807) is 12.2 Å². The summed E-state index contributed by atoms with van der Waals surface area (Å²) in [6, 6.07) is 0. The van der Waals surface area contributed by atoms with E-state index in [2.05, 4.69) is 0 Å². The summed E-state index contributed by atoms with van der Waals surface area (Å²) in [6.07, 6.45) is 7.87. The van der Waals surface area contributed by atoms with Gasteiger partial charge in [0.2, 0.25) is 0 Å². The third kappa shape index (κ3) is 2.94. The van der Waals surface area contributed by atoms with Crippen LogP contribution in [0.25, 0.3) is 0 Å². The van der Waals surface area contributed by atoms with Crippen molar-refractivity contribution in [3.05, 3.63) is 47.7 Å². The summed E-state index contributed by atoms with van der Waals surface area (Å²) in [5.41, 5.74) is 0. The zero-order valence-corrected chi connectivity index (χ0v) is 9.61. The van der Waals surface area contributed by atoms with E-state index in [9.17, 15) is 20.1 Å². The number of cyclic esters (lactones) is 1. The molecule has 0 bridgehead atoms. The number of allylic oxidation sites excluding steroid dienone is 3. The summed E-state index contributed by atoms with van der Waals surface area (Å²) < 4.78 is 4.99. The van der Waals surface area contributed by atoms with Gasteiger partial charge in [-0.05, 0) is 24.6 Å². The smallest absolute Gasteiger partial charge is 0.334 e. The number of carbonyl (C=O) groups excluding carboxylic acids is 1. The second kappa shape index (κ2) is 5.00. The maximum absolute atomic E-state index is 11.0. The van der Waals surface area contributed by atoms with Crippen LogP contribution in [0.3, 0.4) is 0 Å². The predicted molar refractivity (Wildman–Crippen MR) is 63.9 cm³/mol. The molecule has 0 fully saturated rings. The van der Waals surface area contributed by atoms with Gasteiger partial charge < -0.3 is 20.1 Å². The highest BCUT2D eigenvalue weighted by molar-refractivity contribution is 5.83. The Labute approximate surface area is 104 Å². The molecule has 0 saturated heterocycles. The van der Waals surface area contributed by atoms with Crippen LogP contribution in [0.2, 0.25) is 0 Å². The number of esters is 1. The second-order valence-electron chi connectivity index (χ2n) is 4.24. The topological polar surface area (TPSA) is 87.0 Å². The molecule has 2 aliphatic rings. The molecule has 1 heterocycles. The minimum Gasteiger partial charge on any atom is -0.512 e. The summed E-state index contributed by atoms with van der Waals surface area (Å²) in [5, 5.41) is 27.8. The van der Waals surface area contributed by atoms with Gasteiger partial charge in [-0.1, -0.05) is 6.08 Å². The molecule has 3 N–H and O–H groups in total. The fraction of sp³-hybridized carbons (Fsp3) is 0.308. The van der Waals surface area contributed by atoms with Crippen LogP contribution < -0.4 is 0 Å². The van der Waals surface area contributed by atoms with E-state index in [0.717, 1.165) is 6.08 Å². The lowest BCUT2D eigenvalue weighted by Gasteiger charge is -2.18. The maximum Gasteiger partial charge on any atom is 0.334 e. The second-order valence-corrected chi connectivity index (χ2v) is 4.24. The molecule has 2 unspecified atom stereocenters. The number of aliphatic hydroxyl groups is 3. The van der Waals surface area contributed by atoms with Gasteiger partial charge in [0.15, 0.2) is 11.5 Å². The Bertz CT molecular complexity index is 470. The molecule has 5 nitrogen and oxygen atoms in total. The molecule has 2 atom stereocenters. The lowest BCUT2D eigenvalue weighted by atomic mass is 9.97. The molecular formula is C13H14O5. The van der Waals surface area contributed by atoms with Crippen LogP contribution in [0.5, 0.6) is 0 Å². The first-order valence-corrected chi connectivity index (χ1v) is 5.63. The SMILES string of the molecule is O=C1C=C(O)CC(/C=C/C2C=C(O)C(O)=CC2)O1. The van der Waals surface area contributed by atoms with Crippen molar-refractivity contribution in [2.75, 3.05) is 0 Å². The molecule has 5 heteroatoms. The van der Waals surface area contributed by atoms with Gasteiger partial charge in [-0.3, -0.25) is 0 Å². The zero-order chi connectivity index (χ0) is 13.1. The first-order chi connectivity index (χ1) is 8.54. The van der Waals surface area contributed by atoms with Crippen LogP contribution in [-0.2, 0) is 9.53 Å². The fourth-order valence-electron chi connectivity index (χ4n) is 1.84. The third-order valence-electron chi connectivity index (χ3n) is 2.75. The summed E-state index contributed by atoms with van der Waals surface area (Å²) in [6.45, 7) is 0. The molecule has 0 amide bonds. The van der Waals surface area contributed by atoms with Crippen LogP contribution in [0.1, 0.15) is 12.8 Å². The Morgan fingerprint density at radius 2 is 2.00 bits per heavy atom. The van der Waals surface area contributed by atoms with Crippen LogP contribution >= 0.6 is 0 Å².